The fraction of sp³-hybridized carbons (Fsp3) is 0.172. The summed E-state index contributed by atoms with van der Waals surface area (Å²) in [5, 5.41) is 12.3. The Kier molecular flexibility index (Phi) is 4.92. The molecule has 0 unspecified atom stereocenters. The van der Waals surface area contributed by atoms with Gasteiger partial charge in [0.2, 0.25) is 0 Å². The first kappa shape index (κ1) is 21.6. The fourth-order valence-corrected chi connectivity index (χ4v) is 4.98. The molecule has 0 radical (unpaired) electrons. The van der Waals surface area contributed by atoms with Gasteiger partial charge in [-0.3, -0.25) is 10.1 Å². The third kappa shape index (κ3) is 3.78. The van der Waals surface area contributed by atoms with Gasteiger partial charge in [0.1, 0.15) is 11.2 Å². The topological polar surface area (TPSA) is 100 Å². The lowest BCUT2D eigenvalue weighted by atomic mass is 9.83. The zero-order valence-corrected chi connectivity index (χ0v) is 20.5. The van der Waals surface area contributed by atoms with Crippen molar-refractivity contribution in [2.24, 2.45) is 5.92 Å². The zero-order chi connectivity index (χ0) is 24.9. The summed E-state index contributed by atoms with van der Waals surface area (Å²) in [6.07, 6.45) is 11.2. The van der Waals surface area contributed by atoms with Crippen molar-refractivity contribution >= 4 is 27.6 Å². The maximum Gasteiger partial charge on any atom is 0.135 e. The Bertz CT molecular complexity index is 1780. The molecule has 7 rings (SSSR count). The Morgan fingerprint density at radius 3 is 2.84 bits per heavy atom. The van der Waals surface area contributed by atoms with E-state index in [-0.39, 0.29) is 0 Å². The van der Waals surface area contributed by atoms with Crippen LogP contribution in [0, 0.1) is 12.8 Å². The maximum atomic E-state index is 5.00. The Balaban J connectivity index is 1.26. The van der Waals surface area contributed by atoms with E-state index in [0.717, 1.165) is 67.3 Å². The number of hydrogen-bond acceptors (Lipinski definition) is 5. The first-order valence-electron chi connectivity index (χ1n) is 12.5. The van der Waals surface area contributed by atoms with Gasteiger partial charge in [-0.1, -0.05) is 19.1 Å². The van der Waals surface area contributed by atoms with Gasteiger partial charge in [-0.2, -0.15) is 5.10 Å². The van der Waals surface area contributed by atoms with Gasteiger partial charge in [0.25, 0.3) is 0 Å². The SMILES string of the molecule is C=C(Nc1cncc(-c2ccc3[nH]nc(-c4cc5c(-n6cnc(C)c6)cccc5[nH]4)c3n2)c1)C1CCC1. The van der Waals surface area contributed by atoms with Crippen LogP contribution in [-0.4, -0.2) is 34.7 Å². The molecule has 1 fully saturated rings. The molecule has 5 aromatic heterocycles. The first-order chi connectivity index (χ1) is 18.1. The van der Waals surface area contributed by atoms with Crippen molar-refractivity contribution in [3.63, 3.8) is 0 Å². The summed E-state index contributed by atoms with van der Waals surface area (Å²) in [4.78, 5) is 17.4. The van der Waals surface area contributed by atoms with Crippen LogP contribution in [0.1, 0.15) is 25.0 Å². The highest BCUT2D eigenvalue weighted by molar-refractivity contribution is 5.97. The van der Waals surface area contributed by atoms with Gasteiger partial charge in [-0.15, -0.1) is 0 Å². The molecule has 1 saturated carbocycles. The third-order valence-corrected chi connectivity index (χ3v) is 7.23. The van der Waals surface area contributed by atoms with E-state index in [4.69, 9.17) is 4.98 Å². The number of aromatic amines is 2. The van der Waals surface area contributed by atoms with Crippen LogP contribution in [-0.2, 0) is 0 Å². The predicted octanol–water partition coefficient (Wildman–Crippen LogP) is 6.39. The monoisotopic (exact) mass is 486 g/mol. The van der Waals surface area contributed by atoms with Gasteiger partial charge in [-0.05, 0) is 62.1 Å². The molecule has 0 spiro atoms. The van der Waals surface area contributed by atoms with Gasteiger partial charge < -0.3 is 14.9 Å². The highest BCUT2D eigenvalue weighted by atomic mass is 15.1. The van der Waals surface area contributed by atoms with E-state index in [0.29, 0.717) is 5.92 Å². The molecule has 182 valence electrons. The van der Waals surface area contributed by atoms with E-state index in [1.54, 1.807) is 0 Å². The molecule has 0 atom stereocenters. The Morgan fingerprint density at radius 2 is 2.03 bits per heavy atom. The lowest BCUT2D eigenvalue weighted by Crippen LogP contribution is -2.18. The molecule has 1 aliphatic carbocycles. The van der Waals surface area contributed by atoms with Crippen molar-refractivity contribution in [3.8, 4) is 28.3 Å². The molecule has 0 bridgehead atoms. The molecular formula is C29H26N8. The van der Waals surface area contributed by atoms with Crippen molar-refractivity contribution < 1.29 is 0 Å². The number of hydrogen-bond donors (Lipinski definition) is 3. The van der Waals surface area contributed by atoms with E-state index >= 15 is 0 Å². The van der Waals surface area contributed by atoms with Crippen molar-refractivity contribution in [3.05, 3.63) is 85.4 Å². The lowest BCUT2D eigenvalue weighted by molar-refractivity contribution is 0.371. The second-order valence-electron chi connectivity index (χ2n) is 9.75. The molecule has 6 aromatic rings. The molecule has 37 heavy (non-hydrogen) atoms. The summed E-state index contributed by atoms with van der Waals surface area (Å²) in [5.41, 5.74) is 10.2. The molecule has 0 amide bonds. The number of allylic oxidation sites excluding steroid dienone is 1. The molecular weight excluding hydrogens is 460 g/mol. The highest BCUT2D eigenvalue weighted by Crippen LogP contribution is 2.34. The van der Waals surface area contributed by atoms with Gasteiger partial charge in [0, 0.05) is 34.6 Å². The van der Waals surface area contributed by atoms with E-state index in [9.17, 15) is 0 Å². The number of aryl methyl sites for hydroxylation is 1. The smallest absolute Gasteiger partial charge is 0.135 e. The largest absolute Gasteiger partial charge is 0.358 e. The minimum absolute atomic E-state index is 0.557. The second-order valence-corrected chi connectivity index (χ2v) is 9.75. The Hall–Kier alpha value is -4.72. The number of nitrogens with one attached hydrogen (secondary N) is 3. The molecule has 1 aromatic carbocycles. The minimum atomic E-state index is 0.557. The zero-order valence-electron chi connectivity index (χ0n) is 20.5. The summed E-state index contributed by atoms with van der Waals surface area (Å²) < 4.78 is 2.04. The summed E-state index contributed by atoms with van der Waals surface area (Å²) in [5.74, 6) is 0.557. The molecule has 5 heterocycles. The average Bonchev–Trinajstić information content (AvgIpc) is 3.60. The summed E-state index contributed by atoms with van der Waals surface area (Å²) in [6.45, 7) is 6.21. The number of rotatable bonds is 6. The molecule has 8 nitrogen and oxygen atoms in total. The quantitative estimate of drug-likeness (QED) is 0.253. The predicted molar refractivity (Wildman–Crippen MR) is 146 cm³/mol. The lowest BCUT2D eigenvalue weighted by Gasteiger charge is -2.28. The molecule has 8 heteroatoms. The third-order valence-electron chi connectivity index (χ3n) is 7.23. The number of imidazole rings is 1. The summed E-state index contributed by atoms with van der Waals surface area (Å²) in [6, 6.07) is 14.4. The van der Waals surface area contributed by atoms with Crippen molar-refractivity contribution in [1.82, 2.24) is 34.7 Å². The molecule has 1 aliphatic rings. The Labute approximate surface area is 213 Å². The van der Waals surface area contributed by atoms with Crippen LogP contribution in [0.5, 0.6) is 0 Å². The van der Waals surface area contributed by atoms with Crippen LogP contribution in [0.15, 0.2) is 79.7 Å². The van der Waals surface area contributed by atoms with E-state index in [1.165, 1.54) is 19.3 Å². The number of pyridine rings is 2. The maximum absolute atomic E-state index is 5.00. The number of nitrogens with zero attached hydrogens (tertiary/aromatic N) is 5. The molecule has 0 aliphatic heterocycles. The van der Waals surface area contributed by atoms with Crippen LogP contribution in [0.3, 0.4) is 0 Å². The van der Waals surface area contributed by atoms with Gasteiger partial charge >= 0.3 is 0 Å². The number of fused-ring (bicyclic) bond motifs is 2. The molecule has 3 N–H and O–H groups in total. The van der Waals surface area contributed by atoms with E-state index in [1.807, 2.05) is 54.6 Å². The molecule has 0 saturated heterocycles. The number of H-pyrrole nitrogens is 2. The van der Waals surface area contributed by atoms with Crippen molar-refractivity contribution in [2.45, 2.75) is 26.2 Å². The standard InChI is InChI=1S/C29H26N8/c1-17-15-37(16-31-17)27-8-4-7-24-22(27)12-26(33-24)29-28-25(35-36-29)10-9-23(34-28)20-11-21(14-30-13-20)32-18(2)19-5-3-6-19/h4,7-16,19,32-33H,2-3,5-6H2,1H3,(H,35,36). The number of benzene rings is 1. The summed E-state index contributed by atoms with van der Waals surface area (Å²) >= 11 is 0. The number of anilines is 1. The van der Waals surface area contributed by atoms with Crippen LogP contribution < -0.4 is 5.32 Å². The highest BCUT2D eigenvalue weighted by Gasteiger charge is 2.21. The minimum Gasteiger partial charge on any atom is -0.358 e. The van der Waals surface area contributed by atoms with E-state index in [2.05, 4.69) is 61.3 Å². The van der Waals surface area contributed by atoms with Crippen molar-refractivity contribution in [1.29, 1.82) is 0 Å². The summed E-state index contributed by atoms with van der Waals surface area (Å²) in [7, 11) is 0. The number of aromatic nitrogens is 7. The van der Waals surface area contributed by atoms with Crippen LogP contribution >= 0.6 is 0 Å². The Morgan fingerprint density at radius 1 is 1.11 bits per heavy atom. The normalized spacial score (nSPS) is 13.8. The van der Waals surface area contributed by atoms with Crippen LogP contribution in [0.25, 0.3) is 50.3 Å². The van der Waals surface area contributed by atoms with Gasteiger partial charge in [0.05, 0.1) is 46.5 Å². The first-order valence-corrected chi connectivity index (χ1v) is 12.5. The van der Waals surface area contributed by atoms with E-state index < -0.39 is 0 Å². The average molecular weight is 487 g/mol. The van der Waals surface area contributed by atoms with Crippen LogP contribution in [0.2, 0.25) is 0 Å². The fourth-order valence-electron chi connectivity index (χ4n) is 4.98. The van der Waals surface area contributed by atoms with Crippen molar-refractivity contribution in [2.75, 3.05) is 5.32 Å². The second kappa shape index (κ2) is 8.44. The van der Waals surface area contributed by atoms with Gasteiger partial charge in [0.15, 0.2) is 0 Å². The van der Waals surface area contributed by atoms with Gasteiger partial charge in [-0.25, -0.2) is 9.97 Å². The van der Waals surface area contributed by atoms with Crippen LogP contribution in [0.4, 0.5) is 5.69 Å².